The van der Waals surface area contributed by atoms with Crippen molar-refractivity contribution in [2.24, 2.45) is 5.73 Å². The van der Waals surface area contributed by atoms with Crippen molar-refractivity contribution in [3.63, 3.8) is 0 Å². The molecule has 1 aliphatic heterocycles. The van der Waals surface area contributed by atoms with Gasteiger partial charge >= 0.3 is 0 Å². The van der Waals surface area contributed by atoms with Gasteiger partial charge in [0.25, 0.3) is 0 Å². The first-order chi connectivity index (χ1) is 6.46. The average Bonchev–Trinajstić information content (AvgIpc) is 2.51. The fourth-order valence-electron chi connectivity index (χ4n) is 1.73. The van der Waals surface area contributed by atoms with Gasteiger partial charge in [-0.25, -0.2) is 4.98 Å². The van der Waals surface area contributed by atoms with E-state index in [9.17, 15) is 0 Å². The first-order valence-corrected chi connectivity index (χ1v) is 4.94. The van der Waals surface area contributed by atoms with Crippen LogP contribution in [-0.4, -0.2) is 15.5 Å². The van der Waals surface area contributed by atoms with Crippen LogP contribution in [0, 0.1) is 0 Å². The fraction of sp³-hybridized carbons (Fsp3) is 0.700. The van der Waals surface area contributed by atoms with E-state index in [1.165, 1.54) is 0 Å². The maximum absolute atomic E-state index is 5.93. The molecule has 0 saturated heterocycles. The smallest absolute Gasteiger partial charge is 0.108 e. The van der Waals surface area contributed by atoms with Crippen molar-refractivity contribution >= 4 is 0 Å². The summed E-state index contributed by atoms with van der Waals surface area (Å²) in [7, 11) is 0. The maximum Gasteiger partial charge on any atom is 0.108 e. The van der Waals surface area contributed by atoms with Crippen molar-refractivity contribution in [1.82, 2.24) is 9.97 Å². The number of H-pyrrole nitrogens is 1. The molecule has 78 valence electrons. The van der Waals surface area contributed by atoms with E-state index in [-0.39, 0.29) is 11.6 Å². The Morgan fingerprint density at radius 1 is 1.64 bits per heavy atom. The van der Waals surface area contributed by atoms with Crippen molar-refractivity contribution < 1.29 is 4.74 Å². The molecule has 1 aromatic rings. The molecule has 14 heavy (non-hydrogen) atoms. The van der Waals surface area contributed by atoms with Crippen LogP contribution in [0.2, 0.25) is 0 Å². The number of hydrogen-bond acceptors (Lipinski definition) is 3. The van der Waals surface area contributed by atoms with Crippen LogP contribution < -0.4 is 5.73 Å². The topological polar surface area (TPSA) is 63.9 Å². The van der Waals surface area contributed by atoms with E-state index >= 15 is 0 Å². The summed E-state index contributed by atoms with van der Waals surface area (Å²) in [6.07, 6.45) is 0.892. The number of aromatic amines is 1. The molecule has 1 aromatic heterocycles. The van der Waals surface area contributed by atoms with E-state index in [1.807, 2.05) is 20.8 Å². The summed E-state index contributed by atoms with van der Waals surface area (Å²) in [6.45, 7) is 6.67. The zero-order chi connectivity index (χ0) is 10.3. The number of nitrogens with one attached hydrogen (secondary N) is 1. The Morgan fingerprint density at radius 3 is 2.93 bits per heavy atom. The Morgan fingerprint density at radius 2 is 2.36 bits per heavy atom. The molecule has 1 atom stereocenters. The van der Waals surface area contributed by atoms with Crippen LogP contribution in [0.3, 0.4) is 0 Å². The van der Waals surface area contributed by atoms with E-state index in [2.05, 4.69) is 9.97 Å². The minimum atomic E-state index is -0.213. The number of ether oxygens (including phenoxy) is 1. The zero-order valence-corrected chi connectivity index (χ0v) is 8.92. The molecule has 4 nitrogen and oxygen atoms in total. The average molecular weight is 195 g/mol. The second-order valence-corrected chi connectivity index (χ2v) is 4.67. The van der Waals surface area contributed by atoms with Crippen molar-refractivity contribution in [3.8, 4) is 0 Å². The highest BCUT2D eigenvalue weighted by atomic mass is 16.5. The fourth-order valence-corrected chi connectivity index (χ4v) is 1.73. The molecule has 0 bridgehead atoms. The first-order valence-electron chi connectivity index (χ1n) is 4.94. The molecule has 0 amide bonds. The Labute approximate surface area is 83.9 Å². The third-order valence-corrected chi connectivity index (χ3v) is 2.35. The van der Waals surface area contributed by atoms with Gasteiger partial charge in [0, 0.05) is 12.0 Å². The molecule has 2 rings (SSSR count). The number of hydrogen-bond donors (Lipinski definition) is 2. The number of nitrogens with two attached hydrogens (primary N) is 1. The van der Waals surface area contributed by atoms with Crippen molar-refractivity contribution in [1.29, 1.82) is 0 Å². The van der Waals surface area contributed by atoms with Crippen LogP contribution in [0.15, 0.2) is 0 Å². The number of aromatic nitrogens is 2. The minimum Gasteiger partial charge on any atom is -0.366 e. The lowest BCUT2D eigenvalue weighted by molar-refractivity contribution is 0.0757. The largest absolute Gasteiger partial charge is 0.366 e. The predicted molar refractivity (Wildman–Crippen MR) is 53.8 cm³/mol. The normalized spacial score (nSPS) is 21.3. The summed E-state index contributed by atoms with van der Waals surface area (Å²) in [4.78, 5) is 7.76. The molecule has 4 heteroatoms. The van der Waals surface area contributed by atoms with E-state index in [0.29, 0.717) is 6.61 Å². The van der Waals surface area contributed by atoms with Gasteiger partial charge < -0.3 is 15.5 Å². The molecule has 2 heterocycles. The summed E-state index contributed by atoms with van der Waals surface area (Å²) in [5.74, 6) is 0.970. The molecule has 0 saturated carbocycles. The van der Waals surface area contributed by atoms with Gasteiger partial charge in [-0.15, -0.1) is 0 Å². The second kappa shape index (κ2) is 3.07. The number of imidazole rings is 1. The highest BCUT2D eigenvalue weighted by molar-refractivity contribution is 5.20. The van der Waals surface area contributed by atoms with Crippen LogP contribution in [0.25, 0.3) is 0 Å². The molecular weight excluding hydrogens is 178 g/mol. The molecule has 0 radical (unpaired) electrons. The van der Waals surface area contributed by atoms with Crippen LogP contribution in [0.5, 0.6) is 0 Å². The van der Waals surface area contributed by atoms with E-state index in [4.69, 9.17) is 10.5 Å². The standard InChI is InChI=1S/C10H17N3O/c1-6-9-7(5-14-6)12-8(13-9)4-10(2,3)11/h6H,4-5,11H2,1-3H3,(H,12,13). The van der Waals surface area contributed by atoms with Gasteiger partial charge in [0.15, 0.2) is 0 Å². The molecule has 0 fully saturated rings. The van der Waals surface area contributed by atoms with Gasteiger partial charge in [-0.2, -0.15) is 0 Å². The highest BCUT2D eigenvalue weighted by Gasteiger charge is 2.25. The van der Waals surface area contributed by atoms with Gasteiger partial charge in [0.05, 0.1) is 24.1 Å². The first kappa shape index (κ1) is 9.68. The third-order valence-electron chi connectivity index (χ3n) is 2.35. The summed E-state index contributed by atoms with van der Waals surface area (Å²) in [6, 6.07) is 0. The van der Waals surface area contributed by atoms with E-state index in [0.717, 1.165) is 23.6 Å². The van der Waals surface area contributed by atoms with Gasteiger partial charge in [-0.3, -0.25) is 0 Å². The van der Waals surface area contributed by atoms with E-state index in [1.54, 1.807) is 0 Å². The van der Waals surface area contributed by atoms with Crippen LogP contribution in [0.4, 0.5) is 0 Å². The van der Waals surface area contributed by atoms with Gasteiger partial charge in [0.2, 0.25) is 0 Å². The van der Waals surface area contributed by atoms with Crippen LogP contribution >= 0.6 is 0 Å². The second-order valence-electron chi connectivity index (χ2n) is 4.67. The molecule has 1 unspecified atom stereocenters. The molecule has 3 N–H and O–H groups in total. The van der Waals surface area contributed by atoms with Crippen molar-refractivity contribution in [2.45, 2.75) is 45.4 Å². The van der Waals surface area contributed by atoms with Gasteiger partial charge in [-0.05, 0) is 20.8 Å². The third kappa shape index (κ3) is 1.81. The Kier molecular flexibility index (Phi) is 2.12. The van der Waals surface area contributed by atoms with Gasteiger partial charge in [-0.1, -0.05) is 0 Å². The van der Waals surface area contributed by atoms with Crippen LogP contribution in [-0.2, 0) is 17.8 Å². The van der Waals surface area contributed by atoms with E-state index < -0.39 is 0 Å². The molecular formula is C10H17N3O. The van der Waals surface area contributed by atoms with Gasteiger partial charge in [0.1, 0.15) is 5.82 Å². The predicted octanol–water partition coefficient (Wildman–Crippen LogP) is 1.28. The maximum atomic E-state index is 5.93. The summed E-state index contributed by atoms with van der Waals surface area (Å²) < 4.78 is 5.42. The summed E-state index contributed by atoms with van der Waals surface area (Å²) in [5, 5.41) is 0. The minimum absolute atomic E-state index is 0.121. The highest BCUT2D eigenvalue weighted by Crippen LogP contribution is 2.28. The molecule has 0 aromatic carbocycles. The Hall–Kier alpha value is -0.870. The summed E-state index contributed by atoms with van der Waals surface area (Å²) in [5.41, 5.74) is 7.87. The lowest BCUT2D eigenvalue weighted by Gasteiger charge is -2.16. The van der Waals surface area contributed by atoms with Crippen molar-refractivity contribution in [3.05, 3.63) is 17.2 Å². The SMILES string of the molecule is CC1OCc2[nH]c(CC(C)(C)N)nc21. The summed E-state index contributed by atoms with van der Waals surface area (Å²) >= 11 is 0. The molecule has 0 spiro atoms. The van der Waals surface area contributed by atoms with Crippen molar-refractivity contribution in [2.75, 3.05) is 0 Å². The Balaban J connectivity index is 2.19. The Bertz CT molecular complexity index is 338. The lowest BCUT2D eigenvalue weighted by Crippen LogP contribution is -2.34. The monoisotopic (exact) mass is 195 g/mol. The number of nitrogens with zero attached hydrogens (tertiary/aromatic N) is 1. The number of rotatable bonds is 2. The van der Waals surface area contributed by atoms with Crippen LogP contribution in [0.1, 0.15) is 44.1 Å². The molecule has 1 aliphatic rings. The zero-order valence-electron chi connectivity index (χ0n) is 8.92. The number of fused-ring (bicyclic) bond motifs is 1. The molecule has 0 aliphatic carbocycles. The quantitative estimate of drug-likeness (QED) is 0.747. The lowest BCUT2D eigenvalue weighted by atomic mass is 10.0.